The highest BCUT2D eigenvalue weighted by molar-refractivity contribution is 5.71. The molecule has 0 rings (SSSR count). The van der Waals surface area contributed by atoms with Crippen molar-refractivity contribution in [3.05, 3.63) is 37.0 Å². The topological polar surface area (TPSA) is 12.4 Å². The largest absolute Gasteiger partial charge is 0.297 e. The van der Waals surface area contributed by atoms with Crippen LogP contribution in [0.5, 0.6) is 0 Å². The lowest BCUT2D eigenvalue weighted by atomic mass is 10.4. The predicted octanol–water partition coefficient (Wildman–Crippen LogP) is 1.99. The Balaban J connectivity index is 3.46. The molecule has 0 saturated heterocycles. The third-order valence-electron chi connectivity index (χ3n) is 0.705. The number of aliphatic imine (C=N–C) groups is 1. The van der Waals surface area contributed by atoms with E-state index in [2.05, 4.69) is 11.6 Å². The van der Waals surface area contributed by atoms with E-state index in [0.717, 1.165) is 0 Å². The van der Waals surface area contributed by atoms with Gasteiger partial charge in [-0.05, 0) is 6.08 Å². The van der Waals surface area contributed by atoms with Crippen molar-refractivity contribution in [1.29, 1.82) is 0 Å². The molecule has 0 aliphatic heterocycles. The fraction of sp³-hybridized carbons (Fsp3) is 0.125. The number of allylic oxidation sites excluding steroid dienone is 5. The second-order valence-corrected chi connectivity index (χ2v) is 1.41. The maximum Gasteiger partial charge on any atom is 0.0277 e. The van der Waals surface area contributed by atoms with Crippen molar-refractivity contribution in [3.63, 3.8) is 0 Å². The third-order valence-corrected chi connectivity index (χ3v) is 0.705. The Bertz CT molecular complexity index is 141. The molecule has 0 heterocycles. The highest BCUT2D eigenvalue weighted by atomic mass is 14.6. The Morgan fingerprint density at radius 2 is 1.78 bits per heavy atom. The van der Waals surface area contributed by atoms with Crippen LogP contribution in [-0.4, -0.2) is 13.3 Å². The molecule has 0 atom stereocenters. The normalized spacial score (nSPS) is 12.1. The van der Waals surface area contributed by atoms with Gasteiger partial charge in [0.1, 0.15) is 0 Å². The lowest BCUT2D eigenvalue weighted by molar-refractivity contribution is 1.48. The maximum absolute atomic E-state index is 3.76. The fourth-order valence-electron chi connectivity index (χ4n) is 0.343. The molecule has 0 fully saturated rings. The van der Waals surface area contributed by atoms with Gasteiger partial charge >= 0.3 is 0 Å². The molecule has 1 nitrogen and oxygen atoms in total. The van der Waals surface area contributed by atoms with E-state index >= 15 is 0 Å². The van der Waals surface area contributed by atoms with E-state index in [1.54, 1.807) is 19.3 Å². The Labute approximate surface area is 56.1 Å². The van der Waals surface area contributed by atoms with Crippen molar-refractivity contribution < 1.29 is 0 Å². The first-order valence-corrected chi connectivity index (χ1v) is 2.78. The standard InChI is InChI=1S/C8H11N/c1-3-4-5-6-7-8-9-2/h3-8H,1H2,2H3/b5-4-,7-6-,9-8?. The molecule has 0 N–H and O–H groups in total. The summed E-state index contributed by atoms with van der Waals surface area (Å²) in [5, 5.41) is 0. The second-order valence-electron chi connectivity index (χ2n) is 1.41. The molecule has 0 aromatic rings. The SMILES string of the molecule is C=C/C=C\C=C/C=NC. The number of hydrogen-bond acceptors (Lipinski definition) is 1. The van der Waals surface area contributed by atoms with Crippen molar-refractivity contribution in [2.75, 3.05) is 7.05 Å². The van der Waals surface area contributed by atoms with Gasteiger partial charge in [-0.25, -0.2) is 0 Å². The highest BCUT2D eigenvalue weighted by Gasteiger charge is 1.57. The van der Waals surface area contributed by atoms with Crippen LogP contribution in [0.25, 0.3) is 0 Å². The van der Waals surface area contributed by atoms with E-state index < -0.39 is 0 Å². The van der Waals surface area contributed by atoms with E-state index in [1.165, 1.54) is 0 Å². The minimum absolute atomic E-state index is 1.73. The summed E-state index contributed by atoms with van der Waals surface area (Å²) in [6.07, 6.45) is 11.0. The number of nitrogens with zero attached hydrogens (tertiary/aromatic N) is 1. The van der Waals surface area contributed by atoms with E-state index in [-0.39, 0.29) is 0 Å². The van der Waals surface area contributed by atoms with Gasteiger partial charge < -0.3 is 0 Å². The minimum atomic E-state index is 1.73. The quantitative estimate of drug-likeness (QED) is 0.400. The highest BCUT2D eigenvalue weighted by Crippen LogP contribution is 1.74. The molecule has 0 spiro atoms. The van der Waals surface area contributed by atoms with Crippen molar-refractivity contribution >= 4 is 6.21 Å². The first-order valence-electron chi connectivity index (χ1n) is 2.78. The van der Waals surface area contributed by atoms with Gasteiger partial charge in [0.15, 0.2) is 0 Å². The molecule has 0 aromatic heterocycles. The van der Waals surface area contributed by atoms with Crippen molar-refractivity contribution in [3.8, 4) is 0 Å². The summed E-state index contributed by atoms with van der Waals surface area (Å²) >= 11 is 0. The zero-order valence-electron chi connectivity index (χ0n) is 5.62. The van der Waals surface area contributed by atoms with Crippen LogP contribution >= 0.6 is 0 Å². The second kappa shape index (κ2) is 6.89. The summed E-state index contributed by atoms with van der Waals surface area (Å²) in [6, 6.07) is 0. The van der Waals surface area contributed by atoms with Crippen LogP contribution in [0.2, 0.25) is 0 Å². The van der Waals surface area contributed by atoms with E-state index in [0.29, 0.717) is 0 Å². The molecule has 1 heteroatoms. The molecular weight excluding hydrogens is 110 g/mol. The third kappa shape index (κ3) is 6.89. The molecule has 0 aliphatic carbocycles. The number of hydrogen-bond donors (Lipinski definition) is 0. The van der Waals surface area contributed by atoms with Crippen LogP contribution in [0.15, 0.2) is 42.0 Å². The van der Waals surface area contributed by atoms with Gasteiger partial charge in [-0.2, -0.15) is 0 Å². The van der Waals surface area contributed by atoms with Gasteiger partial charge in [-0.1, -0.05) is 30.9 Å². The van der Waals surface area contributed by atoms with Crippen molar-refractivity contribution in [1.82, 2.24) is 0 Å². The lowest BCUT2D eigenvalue weighted by Crippen LogP contribution is -1.58. The Morgan fingerprint density at radius 3 is 2.33 bits per heavy atom. The summed E-state index contributed by atoms with van der Waals surface area (Å²) in [4.78, 5) is 3.76. The first kappa shape index (κ1) is 7.89. The van der Waals surface area contributed by atoms with E-state index in [9.17, 15) is 0 Å². The van der Waals surface area contributed by atoms with Crippen LogP contribution in [0, 0.1) is 0 Å². The summed E-state index contributed by atoms with van der Waals surface area (Å²) in [5.74, 6) is 0. The Hall–Kier alpha value is -1.11. The van der Waals surface area contributed by atoms with Crippen LogP contribution < -0.4 is 0 Å². The molecule has 0 aliphatic rings. The van der Waals surface area contributed by atoms with Crippen LogP contribution in [0.3, 0.4) is 0 Å². The Morgan fingerprint density at radius 1 is 1.11 bits per heavy atom. The van der Waals surface area contributed by atoms with E-state index in [1.807, 2.05) is 24.3 Å². The molecule has 0 radical (unpaired) electrons. The van der Waals surface area contributed by atoms with Gasteiger partial charge in [-0.15, -0.1) is 0 Å². The summed E-state index contributed by atoms with van der Waals surface area (Å²) in [5.41, 5.74) is 0. The van der Waals surface area contributed by atoms with Gasteiger partial charge in [0.2, 0.25) is 0 Å². The van der Waals surface area contributed by atoms with Gasteiger partial charge in [0.25, 0.3) is 0 Å². The van der Waals surface area contributed by atoms with Crippen molar-refractivity contribution in [2.45, 2.75) is 0 Å². The van der Waals surface area contributed by atoms with Gasteiger partial charge in [-0.3, -0.25) is 4.99 Å². The molecule has 48 valence electrons. The maximum atomic E-state index is 3.76. The fourth-order valence-corrected chi connectivity index (χ4v) is 0.343. The van der Waals surface area contributed by atoms with E-state index in [4.69, 9.17) is 0 Å². The predicted molar refractivity (Wildman–Crippen MR) is 42.9 cm³/mol. The number of rotatable bonds is 3. The lowest BCUT2D eigenvalue weighted by Gasteiger charge is -1.69. The average molecular weight is 121 g/mol. The molecule has 0 bridgehead atoms. The Kier molecular flexibility index (Phi) is 6.04. The molecule has 0 saturated carbocycles. The monoisotopic (exact) mass is 121 g/mol. The van der Waals surface area contributed by atoms with Gasteiger partial charge in [0.05, 0.1) is 0 Å². The van der Waals surface area contributed by atoms with Gasteiger partial charge in [0, 0.05) is 13.3 Å². The smallest absolute Gasteiger partial charge is 0.0277 e. The zero-order valence-corrected chi connectivity index (χ0v) is 5.62. The molecular formula is C8H11N. The zero-order chi connectivity index (χ0) is 6.95. The molecule has 0 unspecified atom stereocenters. The first-order chi connectivity index (χ1) is 4.41. The minimum Gasteiger partial charge on any atom is -0.297 e. The molecule has 0 aromatic carbocycles. The average Bonchev–Trinajstić information content (AvgIpc) is 1.89. The summed E-state index contributed by atoms with van der Waals surface area (Å²) < 4.78 is 0. The summed E-state index contributed by atoms with van der Waals surface area (Å²) in [7, 11) is 1.74. The van der Waals surface area contributed by atoms with Crippen LogP contribution in [0.4, 0.5) is 0 Å². The molecule has 0 amide bonds. The summed E-state index contributed by atoms with van der Waals surface area (Å²) in [6.45, 7) is 3.52. The van der Waals surface area contributed by atoms with Crippen LogP contribution in [0.1, 0.15) is 0 Å². The van der Waals surface area contributed by atoms with Crippen LogP contribution in [-0.2, 0) is 0 Å². The molecule has 9 heavy (non-hydrogen) atoms. The van der Waals surface area contributed by atoms with Crippen molar-refractivity contribution in [2.24, 2.45) is 4.99 Å².